The zero-order valence-corrected chi connectivity index (χ0v) is 30.9. The summed E-state index contributed by atoms with van der Waals surface area (Å²) in [7, 11) is 0. The normalized spacial score (nSPS) is 15.1. The van der Waals surface area contributed by atoms with Crippen molar-refractivity contribution in [3.63, 3.8) is 0 Å². The molecule has 0 amide bonds. The molecule has 0 unspecified atom stereocenters. The zero-order valence-electron chi connectivity index (χ0n) is 40.9. The first-order valence-corrected chi connectivity index (χ1v) is 18.7. The van der Waals surface area contributed by atoms with Gasteiger partial charge in [0.25, 0.3) is 0 Å². The van der Waals surface area contributed by atoms with Crippen LogP contribution in [-0.4, -0.2) is 0 Å². The number of benzene rings is 9. The van der Waals surface area contributed by atoms with Gasteiger partial charge in [0.1, 0.15) is 0 Å². The summed E-state index contributed by atoms with van der Waals surface area (Å²) in [4.78, 5) is 2.02. The summed E-state index contributed by atoms with van der Waals surface area (Å²) in [6.07, 6.45) is 0. The van der Waals surface area contributed by atoms with Crippen LogP contribution in [0.2, 0.25) is 0 Å². The molecule has 0 radical (unpaired) electrons. The average molecular weight is 726 g/mol. The molecule has 0 fully saturated rings. The SMILES string of the molecule is [2H]c1c([2H])c([2H])c(-c2ccc(N(c3ccc(-c4c([2H])c([2H])c([2H])c([2H])c4[2H])cc3)c3ccc4cc(-c5ccc(-c6ccc7c(c6)C(C)(C)c6ccccc6-7)cc5)ccc4c3)cc2)c([2H])c1[2H]. The van der Waals surface area contributed by atoms with E-state index in [1.807, 2.05) is 35.2 Å². The Hall–Kier alpha value is -6.96. The molecule has 0 bridgehead atoms. The molecule has 0 spiro atoms. The second kappa shape index (κ2) is 13.7. The van der Waals surface area contributed by atoms with E-state index in [1.54, 1.807) is 24.3 Å². The number of nitrogens with zero attached hydrogens (tertiary/aromatic N) is 1. The quantitative estimate of drug-likeness (QED) is 0.158. The molecule has 266 valence electrons. The third-order valence-electron chi connectivity index (χ3n) is 11.0. The molecule has 56 heavy (non-hydrogen) atoms. The number of fused-ring (bicyclic) bond motifs is 4. The molecule has 1 nitrogen and oxygen atoms in total. The van der Waals surface area contributed by atoms with Crippen LogP contribution in [0.5, 0.6) is 0 Å². The minimum atomic E-state index is -0.452. The highest BCUT2D eigenvalue weighted by Crippen LogP contribution is 2.49. The molecule has 1 aliphatic carbocycles. The van der Waals surface area contributed by atoms with Crippen molar-refractivity contribution in [3.8, 4) is 55.6 Å². The van der Waals surface area contributed by atoms with E-state index in [4.69, 9.17) is 13.7 Å². The van der Waals surface area contributed by atoms with Gasteiger partial charge in [-0.1, -0.05) is 177 Å². The van der Waals surface area contributed by atoms with E-state index in [1.165, 1.54) is 27.8 Å². The summed E-state index contributed by atoms with van der Waals surface area (Å²) in [5.41, 5.74) is 13.1. The van der Waals surface area contributed by atoms with Gasteiger partial charge >= 0.3 is 0 Å². The molecule has 0 aliphatic heterocycles. The largest absolute Gasteiger partial charge is 0.310 e. The van der Waals surface area contributed by atoms with Gasteiger partial charge in [0, 0.05) is 22.5 Å². The second-order valence-corrected chi connectivity index (χ2v) is 14.7. The van der Waals surface area contributed by atoms with Crippen molar-refractivity contribution in [2.75, 3.05) is 4.90 Å². The lowest BCUT2D eigenvalue weighted by Gasteiger charge is -2.26. The maximum absolute atomic E-state index is 8.54. The Morgan fingerprint density at radius 2 is 0.786 bits per heavy atom. The topological polar surface area (TPSA) is 3.24 Å². The van der Waals surface area contributed by atoms with Crippen molar-refractivity contribution in [2.45, 2.75) is 19.3 Å². The van der Waals surface area contributed by atoms with Crippen LogP contribution in [0.3, 0.4) is 0 Å². The highest BCUT2D eigenvalue weighted by atomic mass is 15.1. The minimum Gasteiger partial charge on any atom is -0.310 e. The Balaban J connectivity index is 0.996. The summed E-state index contributed by atoms with van der Waals surface area (Å²) in [6, 6.07) is 47.4. The van der Waals surface area contributed by atoms with E-state index in [-0.39, 0.29) is 40.7 Å². The Bertz CT molecular complexity index is 3260. The van der Waals surface area contributed by atoms with Crippen molar-refractivity contribution in [1.82, 2.24) is 0 Å². The first-order valence-electron chi connectivity index (χ1n) is 23.7. The van der Waals surface area contributed by atoms with Crippen molar-refractivity contribution >= 4 is 27.8 Å². The van der Waals surface area contributed by atoms with E-state index in [2.05, 4.69) is 111 Å². The molecule has 0 aromatic heterocycles. The Labute approximate surface area is 343 Å². The summed E-state index contributed by atoms with van der Waals surface area (Å²) in [5, 5.41) is 2.03. The monoisotopic (exact) mass is 725 g/mol. The van der Waals surface area contributed by atoms with Crippen LogP contribution < -0.4 is 4.90 Å². The molecule has 0 saturated heterocycles. The third-order valence-corrected chi connectivity index (χ3v) is 11.0. The van der Waals surface area contributed by atoms with E-state index >= 15 is 0 Å². The van der Waals surface area contributed by atoms with Gasteiger partial charge in [0.15, 0.2) is 0 Å². The number of hydrogen-bond donors (Lipinski definition) is 0. The second-order valence-electron chi connectivity index (χ2n) is 14.7. The molecule has 1 aliphatic rings. The lowest BCUT2D eigenvalue weighted by molar-refractivity contribution is 0.660. The van der Waals surface area contributed by atoms with Gasteiger partial charge in [-0.25, -0.2) is 0 Å². The smallest absolute Gasteiger partial charge is 0.0629 e. The first kappa shape index (κ1) is 24.4. The molecule has 9 aromatic rings. The molecule has 0 N–H and O–H groups in total. The fraction of sp³-hybridized carbons (Fsp3) is 0.0545. The molecule has 0 saturated carbocycles. The van der Waals surface area contributed by atoms with Gasteiger partial charge in [0.05, 0.1) is 13.7 Å². The van der Waals surface area contributed by atoms with Crippen LogP contribution in [0.15, 0.2) is 212 Å². The van der Waals surface area contributed by atoms with Crippen molar-refractivity contribution < 1.29 is 13.7 Å². The van der Waals surface area contributed by atoms with Crippen LogP contribution in [0, 0.1) is 0 Å². The fourth-order valence-electron chi connectivity index (χ4n) is 8.08. The summed E-state index contributed by atoms with van der Waals surface area (Å²) >= 11 is 0. The van der Waals surface area contributed by atoms with E-state index in [9.17, 15) is 0 Å². The molecule has 0 heterocycles. The number of rotatable bonds is 7. The van der Waals surface area contributed by atoms with Crippen molar-refractivity contribution in [1.29, 1.82) is 0 Å². The lowest BCUT2D eigenvalue weighted by atomic mass is 9.81. The molecule has 0 atom stereocenters. The van der Waals surface area contributed by atoms with E-state index < -0.39 is 36.3 Å². The van der Waals surface area contributed by atoms with Gasteiger partial charge in [-0.3, -0.25) is 0 Å². The predicted molar refractivity (Wildman–Crippen MR) is 238 cm³/mol. The van der Waals surface area contributed by atoms with Gasteiger partial charge in [0.2, 0.25) is 0 Å². The Morgan fingerprint density at radius 1 is 0.357 bits per heavy atom. The van der Waals surface area contributed by atoms with Crippen molar-refractivity contribution in [2.24, 2.45) is 0 Å². The van der Waals surface area contributed by atoms with Gasteiger partial charge < -0.3 is 4.90 Å². The third kappa shape index (κ3) is 5.99. The molecule has 1 heteroatoms. The minimum absolute atomic E-state index is 0.0754. The summed E-state index contributed by atoms with van der Waals surface area (Å²) in [5.74, 6) is 0. The van der Waals surface area contributed by atoms with Crippen LogP contribution in [0.1, 0.15) is 38.7 Å². The van der Waals surface area contributed by atoms with Gasteiger partial charge in [-0.2, -0.15) is 0 Å². The standard InChI is InChI=1S/C55H41N/c1-55(2)53-16-10-9-15-51(53)52-34-28-47(37-54(52)55)43-19-17-42(18-20-43)44-21-22-46-36-50(33-27-45(46)35-44)56(48-29-23-40(24-30-48)38-11-5-3-6-12-38)49-31-25-41(26-32-49)39-13-7-4-8-14-39/h3-37H,1-2H3/i3D,4D,5D,6D,7D,8D,11D,12D,13D,14D. The van der Waals surface area contributed by atoms with Crippen LogP contribution in [0.4, 0.5) is 17.1 Å². The van der Waals surface area contributed by atoms with E-state index in [0.717, 1.165) is 33.2 Å². The zero-order chi connectivity index (χ0) is 46.3. The van der Waals surface area contributed by atoms with Gasteiger partial charge in [-0.15, -0.1) is 0 Å². The Kier molecular flexibility index (Phi) is 5.99. The summed E-state index contributed by atoms with van der Waals surface area (Å²) < 4.78 is 83.1. The first-order chi connectivity index (χ1) is 31.6. The Morgan fingerprint density at radius 3 is 1.39 bits per heavy atom. The number of anilines is 3. The van der Waals surface area contributed by atoms with Crippen molar-refractivity contribution in [3.05, 3.63) is 223 Å². The molecular weight excluding hydrogens is 675 g/mol. The molecule has 10 rings (SSSR count). The highest BCUT2D eigenvalue weighted by molar-refractivity contribution is 5.93. The predicted octanol–water partition coefficient (Wildman–Crippen LogP) is 15.3. The average Bonchev–Trinajstić information content (AvgIpc) is 3.57. The maximum Gasteiger partial charge on any atom is 0.0629 e. The maximum atomic E-state index is 8.54. The van der Waals surface area contributed by atoms with Gasteiger partial charge in [-0.05, 0) is 126 Å². The van der Waals surface area contributed by atoms with Crippen LogP contribution in [-0.2, 0) is 5.41 Å². The fourth-order valence-corrected chi connectivity index (χ4v) is 8.08. The lowest BCUT2D eigenvalue weighted by Crippen LogP contribution is -2.14. The summed E-state index contributed by atoms with van der Waals surface area (Å²) in [6.45, 7) is 4.60. The van der Waals surface area contributed by atoms with E-state index in [0.29, 0.717) is 22.5 Å². The molecule has 9 aromatic carbocycles. The number of hydrogen-bond acceptors (Lipinski definition) is 1. The molecular formula is C55H41N. The highest BCUT2D eigenvalue weighted by Gasteiger charge is 2.35. The van der Waals surface area contributed by atoms with Crippen LogP contribution in [0.25, 0.3) is 66.4 Å². The van der Waals surface area contributed by atoms with Crippen LogP contribution >= 0.6 is 0 Å².